The lowest BCUT2D eigenvalue weighted by molar-refractivity contribution is -0.131. The van der Waals surface area contributed by atoms with Crippen molar-refractivity contribution in [2.75, 3.05) is 18.4 Å². The molecule has 1 saturated heterocycles. The number of carbonyl (C=O) groups excluding carboxylic acids is 1. The molecule has 1 amide bonds. The van der Waals surface area contributed by atoms with E-state index in [0.717, 1.165) is 43.0 Å². The van der Waals surface area contributed by atoms with E-state index < -0.39 is 0 Å². The van der Waals surface area contributed by atoms with Crippen molar-refractivity contribution in [3.63, 3.8) is 0 Å². The van der Waals surface area contributed by atoms with E-state index in [-0.39, 0.29) is 5.91 Å². The Morgan fingerprint density at radius 1 is 1.41 bits per heavy atom. The topological polar surface area (TPSA) is 58.1 Å². The molecule has 17 heavy (non-hydrogen) atoms. The maximum absolute atomic E-state index is 11.9. The summed E-state index contributed by atoms with van der Waals surface area (Å²) in [6.45, 7) is 4.34. The van der Waals surface area contributed by atoms with Crippen molar-refractivity contribution in [3.05, 3.63) is 5.69 Å². The fraction of sp³-hybridized carbons (Fsp3) is 0.727. The number of likely N-dealkylation sites (tertiary alicyclic amines) is 1. The van der Waals surface area contributed by atoms with Crippen LogP contribution >= 0.6 is 11.5 Å². The van der Waals surface area contributed by atoms with Gasteiger partial charge in [-0.05, 0) is 19.8 Å². The van der Waals surface area contributed by atoms with Gasteiger partial charge in [0.25, 0.3) is 0 Å². The molecule has 5 nitrogen and oxygen atoms in total. The minimum Gasteiger partial charge on any atom is -0.374 e. The van der Waals surface area contributed by atoms with Crippen LogP contribution in [0, 0.1) is 0 Å². The number of hydrogen-bond donors (Lipinski definition) is 1. The van der Waals surface area contributed by atoms with E-state index in [2.05, 4.69) is 14.9 Å². The summed E-state index contributed by atoms with van der Waals surface area (Å²) < 4.78 is 3.95. The maximum Gasteiger partial charge on any atom is 0.222 e. The average Bonchev–Trinajstić information content (AvgIpc) is 2.64. The summed E-state index contributed by atoms with van der Waals surface area (Å²) in [5, 5.41) is 8.33. The summed E-state index contributed by atoms with van der Waals surface area (Å²) in [7, 11) is 0. The van der Waals surface area contributed by atoms with Crippen LogP contribution < -0.4 is 5.32 Å². The minimum absolute atomic E-state index is 0.248. The summed E-state index contributed by atoms with van der Waals surface area (Å²) in [6, 6.07) is 0. The van der Waals surface area contributed by atoms with E-state index in [0.29, 0.717) is 13.0 Å². The van der Waals surface area contributed by atoms with Crippen molar-refractivity contribution in [2.45, 2.75) is 39.2 Å². The van der Waals surface area contributed by atoms with Gasteiger partial charge >= 0.3 is 0 Å². The molecule has 0 saturated carbocycles. The third-order valence-electron chi connectivity index (χ3n) is 2.91. The van der Waals surface area contributed by atoms with Gasteiger partial charge < -0.3 is 10.2 Å². The molecular formula is C11H18N4OS. The quantitative estimate of drug-likeness (QED) is 0.891. The second-order valence-electron chi connectivity index (χ2n) is 4.21. The highest BCUT2D eigenvalue weighted by Gasteiger charge is 2.19. The second-order valence-corrected chi connectivity index (χ2v) is 4.96. The van der Waals surface area contributed by atoms with Crippen LogP contribution in [-0.2, 0) is 11.3 Å². The molecule has 2 heterocycles. The molecule has 1 N–H and O–H groups in total. The molecule has 1 fully saturated rings. The lowest BCUT2D eigenvalue weighted by atomic mass is 10.2. The van der Waals surface area contributed by atoms with Gasteiger partial charge in [0.1, 0.15) is 10.7 Å². The van der Waals surface area contributed by atoms with Gasteiger partial charge in [-0.15, -0.1) is 5.10 Å². The molecule has 6 heteroatoms. The lowest BCUT2D eigenvalue weighted by Gasteiger charge is -2.19. The lowest BCUT2D eigenvalue weighted by Crippen LogP contribution is -2.30. The fourth-order valence-corrected chi connectivity index (χ4v) is 2.63. The molecule has 0 spiro atoms. The first kappa shape index (κ1) is 12.3. The number of rotatable bonds is 4. The molecule has 1 aromatic heterocycles. The third kappa shape index (κ3) is 3.15. The zero-order valence-electron chi connectivity index (χ0n) is 10.1. The number of hydrogen-bond acceptors (Lipinski definition) is 5. The van der Waals surface area contributed by atoms with Crippen LogP contribution in [0.3, 0.4) is 0 Å². The molecule has 0 aliphatic carbocycles. The monoisotopic (exact) mass is 254 g/mol. The molecule has 94 valence electrons. The summed E-state index contributed by atoms with van der Waals surface area (Å²) in [5.41, 5.74) is 0.895. The van der Waals surface area contributed by atoms with Crippen LogP contribution in [-0.4, -0.2) is 33.5 Å². The number of anilines is 1. The van der Waals surface area contributed by atoms with Crippen LogP contribution in [0.4, 0.5) is 5.00 Å². The van der Waals surface area contributed by atoms with Crippen molar-refractivity contribution < 1.29 is 4.79 Å². The summed E-state index contributed by atoms with van der Waals surface area (Å²) in [4.78, 5) is 13.8. The van der Waals surface area contributed by atoms with Gasteiger partial charge in [-0.3, -0.25) is 4.79 Å². The predicted molar refractivity (Wildman–Crippen MR) is 68.0 cm³/mol. The largest absolute Gasteiger partial charge is 0.374 e. The minimum atomic E-state index is 0.248. The van der Waals surface area contributed by atoms with E-state index in [9.17, 15) is 4.79 Å². The molecule has 0 aromatic carbocycles. The standard InChI is InChI=1S/C11H18N4OS/c1-2-12-11-9(13-14-17-11)8-15-7-5-3-4-6-10(15)16/h12H,2-8H2,1H3. The van der Waals surface area contributed by atoms with Crippen molar-refractivity contribution in [1.29, 1.82) is 0 Å². The smallest absolute Gasteiger partial charge is 0.222 e. The van der Waals surface area contributed by atoms with E-state index >= 15 is 0 Å². The number of aromatic nitrogens is 2. The predicted octanol–water partition coefficient (Wildman–Crippen LogP) is 1.87. The molecule has 1 aromatic rings. The molecular weight excluding hydrogens is 236 g/mol. The third-order valence-corrected chi connectivity index (χ3v) is 3.63. The summed E-state index contributed by atoms with van der Waals surface area (Å²) >= 11 is 1.36. The first-order valence-corrected chi connectivity index (χ1v) is 6.91. The zero-order valence-corrected chi connectivity index (χ0v) is 10.9. The molecule has 0 radical (unpaired) electrons. The van der Waals surface area contributed by atoms with Gasteiger partial charge in [0, 0.05) is 31.0 Å². The Labute approximate surface area is 105 Å². The van der Waals surface area contributed by atoms with Crippen molar-refractivity contribution in [2.24, 2.45) is 0 Å². The number of nitrogens with one attached hydrogen (secondary N) is 1. The highest BCUT2D eigenvalue weighted by atomic mass is 32.1. The number of amides is 1. The summed E-state index contributed by atoms with van der Waals surface area (Å²) in [6.07, 6.45) is 3.94. The molecule has 0 unspecified atom stereocenters. The van der Waals surface area contributed by atoms with E-state index in [4.69, 9.17) is 0 Å². The van der Waals surface area contributed by atoms with Crippen LogP contribution in [0.5, 0.6) is 0 Å². The normalized spacial score (nSPS) is 17.0. The zero-order chi connectivity index (χ0) is 12.1. The summed E-state index contributed by atoms with van der Waals surface area (Å²) in [5.74, 6) is 0.248. The number of carbonyl (C=O) groups is 1. The average molecular weight is 254 g/mol. The van der Waals surface area contributed by atoms with E-state index in [1.165, 1.54) is 11.5 Å². The fourth-order valence-electron chi connectivity index (χ4n) is 1.99. The molecule has 1 aliphatic rings. The first-order valence-electron chi connectivity index (χ1n) is 6.14. The Morgan fingerprint density at radius 3 is 3.12 bits per heavy atom. The number of nitrogens with zero attached hydrogens (tertiary/aromatic N) is 3. The van der Waals surface area contributed by atoms with Crippen LogP contribution in [0.1, 0.15) is 38.3 Å². The molecule has 0 atom stereocenters. The Balaban J connectivity index is 2.02. The SMILES string of the molecule is CCNc1snnc1CN1CCCCCC1=O. The van der Waals surface area contributed by atoms with Crippen LogP contribution in [0.15, 0.2) is 0 Å². The van der Waals surface area contributed by atoms with Crippen LogP contribution in [0.2, 0.25) is 0 Å². The Hall–Kier alpha value is -1.17. The molecule has 0 bridgehead atoms. The molecule has 1 aliphatic heterocycles. The van der Waals surface area contributed by atoms with E-state index in [1.807, 2.05) is 11.8 Å². The van der Waals surface area contributed by atoms with Gasteiger partial charge in [-0.1, -0.05) is 10.9 Å². The van der Waals surface area contributed by atoms with Crippen LogP contribution in [0.25, 0.3) is 0 Å². The maximum atomic E-state index is 11.9. The second kappa shape index (κ2) is 5.95. The van der Waals surface area contributed by atoms with Gasteiger partial charge in [-0.2, -0.15) is 0 Å². The highest BCUT2D eigenvalue weighted by molar-refractivity contribution is 7.10. The van der Waals surface area contributed by atoms with Gasteiger partial charge in [0.15, 0.2) is 0 Å². The van der Waals surface area contributed by atoms with Gasteiger partial charge in [-0.25, -0.2) is 0 Å². The first-order chi connectivity index (χ1) is 8.31. The Kier molecular flexibility index (Phi) is 4.30. The van der Waals surface area contributed by atoms with E-state index in [1.54, 1.807) is 0 Å². The molecule has 2 rings (SSSR count). The van der Waals surface area contributed by atoms with Crippen molar-refractivity contribution >= 4 is 22.4 Å². The van der Waals surface area contributed by atoms with Crippen molar-refractivity contribution in [3.8, 4) is 0 Å². The van der Waals surface area contributed by atoms with Gasteiger partial charge in [0.2, 0.25) is 5.91 Å². The Morgan fingerprint density at radius 2 is 2.29 bits per heavy atom. The Bertz CT molecular complexity index is 379. The van der Waals surface area contributed by atoms with Gasteiger partial charge in [0.05, 0.1) is 6.54 Å². The highest BCUT2D eigenvalue weighted by Crippen LogP contribution is 2.21. The van der Waals surface area contributed by atoms with Crippen molar-refractivity contribution in [1.82, 2.24) is 14.5 Å².